The van der Waals surface area contributed by atoms with Crippen LogP contribution in [0.3, 0.4) is 0 Å². The number of aromatic nitrogens is 2. The lowest BCUT2D eigenvalue weighted by Gasteiger charge is -2.35. The molecular formula is C22H21N5. The number of anilines is 1. The molecule has 0 atom stereocenters. The van der Waals surface area contributed by atoms with Crippen LogP contribution in [-0.2, 0) is 6.54 Å². The summed E-state index contributed by atoms with van der Waals surface area (Å²) in [6.45, 7) is 4.89. The van der Waals surface area contributed by atoms with Crippen LogP contribution in [0.15, 0.2) is 67.1 Å². The summed E-state index contributed by atoms with van der Waals surface area (Å²) in [6, 6.07) is 18.6. The lowest BCUT2D eigenvalue weighted by atomic mass is 9.99. The number of hydrogen-bond donors (Lipinski definition) is 0. The Morgan fingerprint density at radius 2 is 1.70 bits per heavy atom. The van der Waals surface area contributed by atoms with E-state index < -0.39 is 0 Å². The van der Waals surface area contributed by atoms with E-state index >= 15 is 0 Å². The van der Waals surface area contributed by atoms with E-state index in [1.54, 1.807) is 12.4 Å². The topological polar surface area (TPSA) is 56.1 Å². The van der Waals surface area contributed by atoms with E-state index in [-0.39, 0.29) is 0 Å². The maximum atomic E-state index is 9.29. The molecule has 3 aromatic rings. The predicted octanol–water partition coefficient (Wildman–Crippen LogP) is 3.34. The Hall–Kier alpha value is -3.23. The number of nitriles is 1. The highest BCUT2D eigenvalue weighted by Gasteiger charge is 2.18. The van der Waals surface area contributed by atoms with Gasteiger partial charge in [-0.1, -0.05) is 42.5 Å². The van der Waals surface area contributed by atoms with Gasteiger partial charge in [-0.05, 0) is 22.8 Å². The van der Waals surface area contributed by atoms with Crippen LogP contribution in [0.5, 0.6) is 0 Å². The molecule has 27 heavy (non-hydrogen) atoms. The van der Waals surface area contributed by atoms with Crippen molar-refractivity contribution in [1.82, 2.24) is 14.9 Å². The third kappa shape index (κ3) is 3.97. The number of benzene rings is 2. The van der Waals surface area contributed by atoms with Crippen LogP contribution < -0.4 is 4.90 Å². The zero-order valence-electron chi connectivity index (χ0n) is 15.1. The number of nitrogens with zero attached hydrogens (tertiary/aromatic N) is 5. The fourth-order valence-corrected chi connectivity index (χ4v) is 3.47. The van der Waals surface area contributed by atoms with Crippen molar-refractivity contribution in [3.63, 3.8) is 0 Å². The first-order valence-corrected chi connectivity index (χ1v) is 9.15. The third-order valence-corrected chi connectivity index (χ3v) is 4.96. The first kappa shape index (κ1) is 17.2. The molecule has 2 heterocycles. The molecule has 1 fully saturated rings. The predicted molar refractivity (Wildman–Crippen MR) is 106 cm³/mol. The Kier molecular flexibility index (Phi) is 5.08. The Labute approximate surface area is 159 Å². The van der Waals surface area contributed by atoms with Gasteiger partial charge in [0, 0.05) is 45.1 Å². The highest BCUT2D eigenvalue weighted by Crippen LogP contribution is 2.24. The fraction of sp³-hybridized carbons (Fsp3) is 0.227. The maximum absolute atomic E-state index is 9.29. The van der Waals surface area contributed by atoms with E-state index in [1.165, 1.54) is 5.56 Å². The summed E-state index contributed by atoms with van der Waals surface area (Å²) in [4.78, 5) is 13.3. The number of hydrogen-bond acceptors (Lipinski definition) is 5. The minimum Gasteiger partial charge on any atom is -0.353 e. The zero-order valence-corrected chi connectivity index (χ0v) is 15.1. The highest BCUT2D eigenvalue weighted by molar-refractivity contribution is 5.70. The summed E-state index contributed by atoms with van der Waals surface area (Å²) in [5.41, 5.74) is 4.08. The lowest BCUT2D eigenvalue weighted by Crippen LogP contribution is -2.46. The second kappa shape index (κ2) is 7.98. The molecule has 0 radical (unpaired) electrons. The molecule has 5 nitrogen and oxygen atoms in total. The second-order valence-corrected chi connectivity index (χ2v) is 6.68. The standard InChI is InChI=1S/C22H21N5/c23-15-20-3-1-2-4-21(20)19-7-5-18(6-8-19)17-26-11-13-27(14-12-26)22-16-24-9-10-25-22/h1-10,16H,11-14,17H2. The summed E-state index contributed by atoms with van der Waals surface area (Å²) in [5, 5.41) is 9.29. The Morgan fingerprint density at radius 3 is 2.41 bits per heavy atom. The van der Waals surface area contributed by atoms with E-state index in [4.69, 9.17) is 0 Å². The average molecular weight is 355 g/mol. The quantitative estimate of drug-likeness (QED) is 0.718. The van der Waals surface area contributed by atoms with Gasteiger partial charge < -0.3 is 4.90 Å². The molecule has 0 saturated carbocycles. The van der Waals surface area contributed by atoms with Gasteiger partial charge in [-0.15, -0.1) is 0 Å². The van der Waals surface area contributed by atoms with Crippen molar-refractivity contribution in [2.75, 3.05) is 31.1 Å². The van der Waals surface area contributed by atoms with Gasteiger partial charge in [-0.25, -0.2) is 4.98 Å². The smallest absolute Gasteiger partial charge is 0.147 e. The van der Waals surface area contributed by atoms with Crippen LogP contribution in [0.4, 0.5) is 5.82 Å². The van der Waals surface area contributed by atoms with Crippen molar-refractivity contribution in [2.24, 2.45) is 0 Å². The lowest BCUT2D eigenvalue weighted by molar-refractivity contribution is 0.249. The molecule has 0 bridgehead atoms. The van der Waals surface area contributed by atoms with Gasteiger partial charge in [0.15, 0.2) is 0 Å². The molecule has 134 valence electrons. The number of rotatable bonds is 4. The molecule has 0 amide bonds. The van der Waals surface area contributed by atoms with Crippen molar-refractivity contribution in [3.8, 4) is 17.2 Å². The first-order valence-electron chi connectivity index (χ1n) is 9.15. The molecule has 1 aliphatic heterocycles. The van der Waals surface area contributed by atoms with E-state index in [9.17, 15) is 5.26 Å². The van der Waals surface area contributed by atoms with Gasteiger partial charge >= 0.3 is 0 Å². The molecule has 5 heteroatoms. The van der Waals surface area contributed by atoms with E-state index in [1.807, 2.05) is 30.5 Å². The van der Waals surface area contributed by atoms with Gasteiger partial charge in [0.25, 0.3) is 0 Å². The van der Waals surface area contributed by atoms with Gasteiger partial charge in [0.05, 0.1) is 17.8 Å². The van der Waals surface area contributed by atoms with Gasteiger partial charge in [0.2, 0.25) is 0 Å². The average Bonchev–Trinajstić information content (AvgIpc) is 2.75. The fourth-order valence-electron chi connectivity index (χ4n) is 3.47. The van der Waals surface area contributed by atoms with Gasteiger partial charge in [-0.3, -0.25) is 9.88 Å². The second-order valence-electron chi connectivity index (χ2n) is 6.68. The third-order valence-electron chi connectivity index (χ3n) is 4.96. The summed E-state index contributed by atoms with van der Waals surface area (Å²) < 4.78 is 0. The van der Waals surface area contributed by atoms with Gasteiger partial charge in [0.1, 0.15) is 5.82 Å². The summed E-state index contributed by atoms with van der Waals surface area (Å²) >= 11 is 0. The van der Waals surface area contributed by atoms with E-state index in [0.717, 1.165) is 49.7 Å². The van der Waals surface area contributed by atoms with Crippen LogP contribution in [0.2, 0.25) is 0 Å². The molecule has 1 aromatic heterocycles. The largest absolute Gasteiger partial charge is 0.353 e. The molecule has 2 aromatic carbocycles. The Bertz CT molecular complexity index is 923. The van der Waals surface area contributed by atoms with Gasteiger partial charge in [-0.2, -0.15) is 5.26 Å². The molecule has 0 N–H and O–H groups in total. The molecule has 4 rings (SSSR count). The minimum atomic E-state index is 0.713. The Balaban J connectivity index is 1.38. The molecular weight excluding hydrogens is 334 g/mol. The van der Waals surface area contributed by atoms with Crippen LogP contribution >= 0.6 is 0 Å². The van der Waals surface area contributed by atoms with Crippen molar-refractivity contribution in [3.05, 3.63) is 78.2 Å². The first-order chi connectivity index (χ1) is 13.3. The Morgan fingerprint density at radius 1 is 0.926 bits per heavy atom. The molecule has 1 aliphatic rings. The van der Waals surface area contributed by atoms with Crippen LogP contribution in [0.1, 0.15) is 11.1 Å². The molecule has 0 aliphatic carbocycles. The maximum Gasteiger partial charge on any atom is 0.147 e. The minimum absolute atomic E-state index is 0.713. The zero-order chi connectivity index (χ0) is 18.5. The van der Waals surface area contributed by atoms with Crippen molar-refractivity contribution >= 4 is 5.82 Å². The SMILES string of the molecule is N#Cc1ccccc1-c1ccc(CN2CCN(c3cnccn3)CC2)cc1. The summed E-state index contributed by atoms with van der Waals surface area (Å²) in [7, 11) is 0. The van der Waals surface area contributed by atoms with Crippen molar-refractivity contribution in [2.45, 2.75) is 6.54 Å². The monoisotopic (exact) mass is 355 g/mol. The molecule has 0 spiro atoms. The van der Waals surface area contributed by atoms with E-state index in [0.29, 0.717) is 5.56 Å². The summed E-state index contributed by atoms with van der Waals surface area (Å²) in [6.07, 6.45) is 5.28. The van der Waals surface area contributed by atoms with Crippen LogP contribution in [0.25, 0.3) is 11.1 Å². The van der Waals surface area contributed by atoms with Crippen molar-refractivity contribution in [1.29, 1.82) is 5.26 Å². The normalized spacial score (nSPS) is 14.7. The van der Waals surface area contributed by atoms with Crippen molar-refractivity contribution < 1.29 is 0 Å². The molecule has 1 saturated heterocycles. The highest BCUT2D eigenvalue weighted by atomic mass is 15.3. The number of piperazine rings is 1. The van der Waals surface area contributed by atoms with Crippen LogP contribution in [-0.4, -0.2) is 41.0 Å². The van der Waals surface area contributed by atoms with Crippen LogP contribution in [0, 0.1) is 11.3 Å². The molecule has 0 unspecified atom stereocenters. The van der Waals surface area contributed by atoms with E-state index in [2.05, 4.69) is 50.1 Å². The summed E-state index contributed by atoms with van der Waals surface area (Å²) in [5.74, 6) is 0.956.